The highest BCUT2D eigenvalue weighted by Crippen LogP contribution is 2.40. The molecule has 0 radical (unpaired) electrons. The normalized spacial score (nSPS) is 16.9. The molecule has 0 saturated carbocycles. The predicted molar refractivity (Wildman–Crippen MR) is 131 cm³/mol. The number of aliphatic imine (C=N–C) groups is 1. The molecule has 178 valence electrons. The lowest BCUT2D eigenvalue weighted by molar-refractivity contribution is -0.114. The molecule has 0 aliphatic carbocycles. The summed E-state index contributed by atoms with van der Waals surface area (Å²) >= 11 is 0.954. The molecule has 1 fully saturated rings. The molecule has 11 heteroatoms. The van der Waals surface area contributed by atoms with Crippen molar-refractivity contribution in [1.82, 2.24) is 14.2 Å². The van der Waals surface area contributed by atoms with E-state index in [1.165, 1.54) is 17.4 Å². The number of nitrogens with one attached hydrogen (secondary N) is 1. The number of thiazole rings is 1. The number of methoxy groups -OCH3 is 1. The highest BCUT2D eigenvalue weighted by molar-refractivity contribution is 7.91. The smallest absolute Gasteiger partial charge is 0.254 e. The first kappa shape index (κ1) is 25.0. The Hall–Kier alpha value is -2.60. The fourth-order valence-electron chi connectivity index (χ4n) is 3.84. The fourth-order valence-corrected chi connectivity index (χ4v) is 6.72. The van der Waals surface area contributed by atoms with Gasteiger partial charge in [0.2, 0.25) is 5.91 Å². The zero-order chi connectivity index (χ0) is 24.0. The van der Waals surface area contributed by atoms with Crippen LogP contribution in [0.4, 0.5) is 5.13 Å². The minimum absolute atomic E-state index is 0.106. The first-order valence-electron chi connectivity index (χ1n) is 10.5. The van der Waals surface area contributed by atoms with Crippen molar-refractivity contribution in [1.29, 1.82) is 0 Å². The molecule has 0 spiro atoms. The summed E-state index contributed by atoms with van der Waals surface area (Å²) in [5.41, 5.74) is 2.48. The zero-order valence-electron chi connectivity index (χ0n) is 19.0. The number of carbonyl (C=O) groups is 1. The molecule has 1 aromatic heterocycles. The lowest BCUT2D eigenvalue weighted by Gasteiger charge is -2.28. The first-order valence-corrected chi connectivity index (χ1v) is 12.8. The van der Waals surface area contributed by atoms with Gasteiger partial charge in [0.15, 0.2) is 9.34 Å². The van der Waals surface area contributed by atoms with Gasteiger partial charge in [-0.2, -0.15) is 4.31 Å². The maximum absolute atomic E-state index is 13.5. The third-order valence-electron chi connectivity index (χ3n) is 5.30. The number of sulfonamides is 1. The maximum Gasteiger partial charge on any atom is 0.254 e. The average molecular weight is 492 g/mol. The number of ether oxygens (including phenoxy) is 1. The molecular weight excluding hydrogens is 462 g/mol. The molecule has 1 unspecified atom stereocenters. The van der Waals surface area contributed by atoms with Crippen molar-refractivity contribution in [2.45, 2.75) is 30.0 Å². The molecule has 2 heterocycles. The number of hydrogen-bond acceptors (Lipinski definition) is 7. The SMILES string of the molecule is C=C(c1ccccc1C1CCCN1S(=O)(=O)c1cnc(NC(C)=O)s1)N(/C=N\C)CCOC. The summed E-state index contributed by atoms with van der Waals surface area (Å²) in [6.07, 6.45) is 4.44. The number of anilines is 1. The van der Waals surface area contributed by atoms with Crippen molar-refractivity contribution >= 4 is 44.4 Å². The second-order valence-corrected chi connectivity index (χ2v) is 10.7. The van der Waals surface area contributed by atoms with Crippen LogP contribution < -0.4 is 5.32 Å². The number of nitrogens with zero attached hydrogens (tertiary/aromatic N) is 4. The quantitative estimate of drug-likeness (QED) is 0.404. The molecule has 3 rings (SSSR count). The summed E-state index contributed by atoms with van der Waals surface area (Å²) in [6.45, 7) is 7.10. The summed E-state index contributed by atoms with van der Waals surface area (Å²) in [6, 6.07) is 7.39. The highest BCUT2D eigenvalue weighted by Gasteiger charge is 2.38. The number of aromatic nitrogens is 1. The molecule has 1 N–H and O–H groups in total. The monoisotopic (exact) mass is 491 g/mol. The van der Waals surface area contributed by atoms with Gasteiger partial charge in [0.1, 0.15) is 0 Å². The largest absolute Gasteiger partial charge is 0.383 e. The van der Waals surface area contributed by atoms with Gasteiger partial charge in [-0.3, -0.25) is 9.79 Å². The Balaban J connectivity index is 1.94. The van der Waals surface area contributed by atoms with E-state index >= 15 is 0 Å². The van der Waals surface area contributed by atoms with Crippen LogP contribution in [0.1, 0.15) is 36.9 Å². The van der Waals surface area contributed by atoms with Crippen molar-refractivity contribution in [3.8, 4) is 0 Å². The Labute approximate surface area is 198 Å². The van der Waals surface area contributed by atoms with E-state index in [9.17, 15) is 13.2 Å². The summed E-state index contributed by atoms with van der Waals surface area (Å²) < 4.78 is 33.8. The standard InChI is InChI=1S/C22H29N5O4S2/c1-16(26(15-23-3)12-13-31-4)18-8-5-6-9-19(18)20-10-7-11-27(20)33(29,30)21-14-24-22(32-21)25-17(2)28/h5-6,8-9,14-15,20H,1,7,10-13H2,2-4H3,(H,24,25,28)/b23-15-. The minimum atomic E-state index is -3.79. The molecule has 1 saturated heterocycles. The van der Waals surface area contributed by atoms with Gasteiger partial charge in [-0.25, -0.2) is 13.4 Å². The number of rotatable bonds is 10. The molecule has 1 atom stereocenters. The van der Waals surface area contributed by atoms with Crippen molar-refractivity contribution in [2.75, 3.05) is 39.2 Å². The van der Waals surface area contributed by atoms with Crippen molar-refractivity contribution in [3.05, 3.63) is 48.2 Å². The lowest BCUT2D eigenvalue weighted by Crippen LogP contribution is -2.31. The van der Waals surface area contributed by atoms with Crippen LogP contribution in [0, 0.1) is 0 Å². The molecule has 1 aromatic carbocycles. The number of benzene rings is 1. The molecule has 9 nitrogen and oxygen atoms in total. The van der Waals surface area contributed by atoms with E-state index in [0.29, 0.717) is 26.1 Å². The van der Waals surface area contributed by atoms with Crippen molar-refractivity contribution in [3.63, 3.8) is 0 Å². The van der Waals surface area contributed by atoms with Crippen molar-refractivity contribution < 1.29 is 17.9 Å². The van der Waals surface area contributed by atoms with E-state index in [2.05, 4.69) is 21.9 Å². The third-order valence-corrected chi connectivity index (χ3v) is 8.56. The summed E-state index contributed by atoms with van der Waals surface area (Å²) in [5.74, 6) is -0.298. The van der Waals surface area contributed by atoms with Crippen LogP contribution in [0.15, 0.2) is 46.2 Å². The van der Waals surface area contributed by atoms with Gasteiger partial charge in [-0.15, -0.1) is 0 Å². The molecule has 33 heavy (non-hydrogen) atoms. The topological polar surface area (TPSA) is 104 Å². The van der Waals surface area contributed by atoms with E-state index in [4.69, 9.17) is 4.74 Å². The number of hydrogen-bond donors (Lipinski definition) is 1. The van der Waals surface area contributed by atoms with Gasteiger partial charge in [-0.05, 0) is 18.4 Å². The Kier molecular flexibility index (Phi) is 8.35. The molecule has 1 aliphatic rings. The van der Waals surface area contributed by atoms with E-state index in [1.54, 1.807) is 20.5 Å². The second-order valence-electron chi connectivity index (χ2n) is 7.53. The van der Waals surface area contributed by atoms with Gasteiger partial charge in [0.25, 0.3) is 10.0 Å². The predicted octanol–water partition coefficient (Wildman–Crippen LogP) is 3.20. The Bertz CT molecular complexity index is 1130. The fraction of sp³-hybridized carbons (Fsp3) is 0.409. The van der Waals surface area contributed by atoms with Crippen LogP contribution in [0.5, 0.6) is 0 Å². The second kappa shape index (κ2) is 11.0. The number of carbonyl (C=O) groups excluding carboxylic acids is 1. The number of amides is 1. The van der Waals surface area contributed by atoms with Crippen LogP contribution >= 0.6 is 11.3 Å². The van der Waals surface area contributed by atoms with Crippen LogP contribution in [0.3, 0.4) is 0 Å². The minimum Gasteiger partial charge on any atom is -0.383 e. The van der Waals surface area contributed by atoms with Crippen LogP contribution in [-0.4, -0.2) is 68.7 Å². The van der Waals surface area contributed by atoms with Crippen molar-refractivity contribution in [2.24, 2.45) is 4.99 Å². The van der Waals surface area contributed by atoms with Crippen LogP contribution in [0.25, 0.3) is 5.70 Å². The first-order chi connectivity index (χ1) is 15.8. The van der Waals surface area contributed by atoms with E-state index < -0.39 is 10.0 Å². The Morgan fingerprint density at radius 3 is 2.91 bits per heavy atom. The molecule has 1 amide bonds. The zero-order valence-corrected chi connectivity index (χ0v) is 20.7. The van der Waals surface area contributed by atoms with Gasteiger partial charge in [0.05, 0.1) is 25.2 Å². The van der Waals surface area contributed by atoms with E-state index in [-0.39, 0.29) is 21.3 Å². The molecule has 2 aromatic rings. The molecule has 1 aliphatic heterocycles. The van der Waals surface area contributed by atoms with Gasteiger partial charge in [-0.1, -0.05) is 42.2 Å². The summed E-state index contributed by atoms with van der Waals surface area (Å²) in [7, 11) is -0.466. The summed E-state index contributed by atoms with van der Waals surface area (Å²) in [5, 5.41) is 2.80. The van der Waals surface area contributed by atoms with Crippen LogP contribution in [-0.2, 0) is 19.6 Å². The Morgan fingerprint density at radius 2 is 2.21 bits per heavy atom. The van der Waals surface area contributed by atoms with Gasteiger partial charge < -0.3 is 15.0 Å². The molecule has 0 bridgehead atoms. The summed E-state index contributed by atoms with van der Waals surface area (Å²) in [4.78, 5) is 21.4. The molecular formula is C22H29N5O4S2. The van der Waals surface area contributed by atoms with E-state index in [0.717, 1.165) is 34.6 Å². The third kappa shape index (κ3) is 5.67. The lowest BCUT2D eigenvalue weighted by atomic mass is 9.97. The van der Waals surface area contributed by atoms with Gasteiger partial charge in [0, 0.05) is 45.4 Å². The van der Waals surface area contributed by atoms with Gasteiger partial charge >= 0.3 is 0 Å². The average Bonchev–Trinajstić information content (AvgIpc) is 3.46. The maximum atomic E-state index is 13.5. The van der Waals surface area contributed by atoms with Crippen LogP contribution in [0.2, 0.25) is 0 Å². The Morgan fingerprint density at radius 1 is 1.45 bits per heavy atom. The van der Waals surface area contributed by atoms with E-state index in [1.807, 2.05) is 29.2 Å². The highest BCUT2D eigenvalue weighted by atomic mass is 32.2.